The van der Waals surface area contributed by atoms with Crippen molar-refractivity contribution < 1.29 is 22.7 Å². The molecule has 0 bridgehead atoms. The molecule has 1 N–H and O–H groups in total. The Morgan fingerprint density at radius 3 is 2.07 bits per heavy atom. The van der Waals surface area contributed by atoms with Gasteiger partial charge in [-0.05, 0) is 79.3 Å². The molecule has 0 saturated carbocycles. The summed E-state index contributed by atoms with van der Waals surface area (Å²) in [6.07, 6.45) is 0.362. The Morgan fingerprint density at radius 1 is 0.927 bits per heavy atom. The van der Waals surface area contributed by atoms with Crippen molar-refractivity contribution >= 4 is 27.5 Å². The lowest BCUT2D eigenvalue weighted by Gasteiger charge is -2.33. The fourth-order valence-corrected chi connectivity index (χ4v) is 6.03. The molecule has 41 heavy (non-hydrogen) atoms. The average molecular weight is 580 g/mol. The smallest absolute Gasteiger partial charge is 0.264 e. The molecule has 2 amide bonds. The first kappa shape index (κ1) is 31.7. The van der Waals surface area contributed by atoms with Gasteiger partial charge in [-0.1, -0.05) is 57.2 Å². The molecule has 0 fully saturated rings. The number of rotatable bonds is 13. The van der Waals surface area contributed by atoms with Crippen LogP contribution in [0.25, 0.3) is 0 Å². The number of carbonyl (C=O) groups excluding carboxylic acids is 2. The summed E-state index contributed by atoms with van der Waals surface area (Å²) in [4.78, 5) is 29.0. The maximum atomic E-state index is 14.2. The van der Waals surface area contributed by atoms with Gasteiger partial charge in [0.25, 0.3) is 10.0 Å². The van der Waals surface area contributed by atoms with Gasteiger partial charge in [0.05, 0.1) is 17.7 Å². The number of ether oxygens (including phenoxy) is 1. The van der Waals surface area contributed by atoms with Gasteiger partial charge in [-0.15, -0.1) is 0 Å². The lowest BCUT2D eigenvalue weighted by Crippen LogP contribution is -2.52. The Morgan fingerprint density at radius 2 is 1.54 bits per heavy atom. The molecule has 0 heterocycles. The van der Waals surface area contributed by atoms with Crippen LogP contribution in [0.3, 0.4) is 0 Å². The standard InChI is InChI=1S/C32H41N3O5S/c1-7-30(32(37)33-20-23(2)3)34(21-26-13-15-28(40-6)16-14-26)31(36)22-35(27-18-24(4)17-25(5)19-27)41(38,39)29-11-9-8-10-12-29/h8-19,23,30H,7,20-22H2,1-6H3,(H,33,37)/t30-/m1/s1. The van der Waals surface area contributed by atoms with Crippen molar-refractivity contribution in [3.8, 4) is 5.75 Å². The van der Waals surface area contributed by atoms with Crippen LogP contribution in [-0.2, 0) is 26.2 Å². The van der Waals surface area contributed by atoms with Crippen molar-refractivity contribution in [3.63, 3.8) is 0 Å². The van der Waals surface area contributed by atoms with Gasteiger partial charge in [0.15, 0.2) is 0 Å². The zero-order valence-electron chi connectivity index (χ0n) is 24.8. The van der Waals surface area contributed by atoms with Crippen molar-refractivity contribution in [2.45, 2.75) is 58.5 Å². The van der Waals surface area contributed by atoms with Crippen LogP contribution < -0.4 is 14.4 Å². The first-order chi connectivity index (χ1) is 19.5. The van der Waals surface area contributed by atoms with Gasteiger partial charge in [0, 0.05) is 13.1 Å². The van der Waals surface area contributed by atoms with Gasteiger partial charge in [-0.25, -0.2) is 8.42 Å². The first-order valence-electron chi connectivity index (χ1n) is 13.8. The van der Waals surface area contributed by atoms with E-state index in [4.69, 9.17) is 4.74 Å². The topological polar surface area (TPSA) is 96.0 Å². The molecule has 0 aliphatic heterocycles. The summed E-state index contributed by atoms with van der Waals surface area (Å²) in [5.41, 5.74) is 2.92. The van der Waals surface area contributed by atoms with E-state index in [0.29, 0.717) is 24.4 Å². The largest absolute Gasteiger partial charge is 0.497 e. The number of nitrogens with zero attached hydrogens (tertiary/aromatic N) is 2. The van der Waals surface area contributed by atoms with Crippen LogP contribution in [0.4, 0.5) is 5.69 Å². The highest BCUT2D eigenvalue weighted by Crippen LogP contribution is 2.27. The molecule has 3 rings (SSSR count). The lowest BCUT2D eigenvalue weighted by atomic mass is 10.1. The highest BCUT2D eigenvalue weighted by molar-refractivity contribution is 7.92. The number of hydrogen-bond acceptors (Lipinski definition) is 5. The second-order valence-corrected chi connectivity index (χ2v) is 12.5. The monoisotopic (exact) mass is 579 g/mol. The second kappa shape index (κ2) is 14.2. The molecule has 0 spiro atoms. The van der Waals surface area contributed by atoms with Crippen molar-refractivity contribution in [3.05, 3.63) is 89.5 Å². The molecule has 0 saturated heterocycles. The number of benzene rings is 3. The fourth-order valence-electron chi connectivity index (χ4n) is 4.61. The van der Waals surface area contributed by atoms with E-state index in [0.717, 1.165) is 21.0 Å². The van der Waals surface area contributed by atoms with Crippen molar-refractivity contribution in [2.24, 2.45) is 5.92 Å². The number of anilines is 1. The number of aryl methyl sites for hydroxylation is 2. The molecule has 3 aromatic carbocycles. The molecule has 0 aliphatic carbocycles. The summed E-state index contributed by atoms with van der Waals surface area (Å²) >= 11 is 0. The highest BCUT2D eigenvalue weighted by atomic mass is 32.2. The zero-order valence-corrected chi connectivity index (χ0v) is 25.6. The average Bonchev–Trinajstić information content (AvgIpc) is 2.94. The molecule has 1 atom stereocenters. The van der Waals surface area contributed by atoms with Crippen LogP contribution >= 0.6 is 0 Å². The van der Waals surface area contributed by atoms with Crippen LogP contribution in [0.15, 0.2) is 77.7 Å². The van der Waals surface area contributed by atoms with Crippen LogP contribution in [0.5, 0.6) is 5.75 Å². The van der Waals surface area contributed by atoms with Gasteiger partial charge >= 0.3 is 0 Å². The normalized spacial score (nSPS) is 12.1. The number of methoxy groups -OCH3 is 1. The number of sulfonamides is 1. The Kier molecular flexibility index (Phi) is 10.9. The Balaban J connectivity index is 2.06. The van der Waals surface area contributed by atoms with Gasteiger partial charge in [-0.2, -0.15) is 0 Å². The summed E-state index contributed by atoms with van der Waals surface area (Å²) in [5.74, 6) is 0.152. The Hall–Kier alpha value is -3.85. The van der Waals surface area contributed by atoms with Crippen molar-refractivity contribution in [1.29, 1.82) is 0 Å². The molecule has 0 radical (unpaired) electrons. The predicted octanol–water partition coefficient (Wildman–Crippen LogP) is 5.09. The van der Waals surface area contributed by atoms with Crippen LogP contribution in [0.2, 0.25) is 0 Å². The van der Waals surface area contributed by atoms with Crippen molar-refractivity contribution in [1.82, 2.24) is 10.2 Å². The van der Waals surface area contributed by atoms with Crippen LogP contribution in [0.1, 0.15) is 43.9 Å². The minimum absolute atomic E-state index is 0.0791. The minimum Gasteiger partial charge on any atom is -0.497 e. The lowest BCUT2D eigenvalue weighted by molar-refractivity contribution is -0.140. The number of nitrogens with one attached hydrogen (secondary N) is 1. The van der Waals surface area contributed by atoms with Crippen LogP contribution in [0, 0.1) is 19.8 Å². The third-order valence-electron chi connectivity index (χ3n) is 6.69. The molecular weight excluding hydrogens is 538 g/mol. The van der Waals surface area contributed by atoms with Crippen molar-refractivity contribution in [2.75, 3.05) is 24.5 Å². The Labute approximate surface area is 244 Å². The maximum absolute atomic E-state index is 14.2. The fraction of sp³-hybridized carbons (Fsp3) is 0.375. The van der Waals surface area contributed by atoms with E-state index in [2.05, 4.69) is 5.32 Å². The molecule has 0 aliphatic rings. The van der Waals surface area contributed by atoms with E-state index >= 15 is 0 Å². The quantitative estimate of drug-likeness (QED) is 0.305. The molecule has 0 unspecified atom stereocenters. The number of carbonyl (C=O) groups is 2. The molecule has 9 heteroatoms. The summed E-state index contributed by atoms with van der Waals surface area (Å²) in [6, 6.07) is 20.0. The SMILES string of the molecule is CC[C@H](C(=O)NCC(C)C)N(Cc1ccc(OC)cc1)C(=O)CN(c1cc(C)cc(C)c1)S(=O)(=O)c1ccccc1. The van der Waals surface area contributed by atoms with E-state index in [1.54, 1.807) is 49.6 Å². The first-order valence-corrected chi connectivity index (χ1v) is 15.3. The predicted molar refractivity (Wildman–Crippen MR) is 162 cm³/mol. The summed E-state index contributed by atoms with van der Waals surface area (Å²) in [5, 5.41) is 2.94. The third kappa shape index (κ3) is 8.33. The molecular formula is C32H41N3O5S. The molecule has 220 valence electrons. The number of amides is 2. The van der Waals surface area contributed by atoms with E-state index in [1.807, 2.05) is 52.8 Å². The molecule has 8 nitrogen and oxygen atoms in total. The second-order valence-electron chi connectivity index (χ2n) is 10.6. The maximum Gasteiger partial charge on any atom is 0.264 e. The minimum atomic E-state index is -4.10. The Bertz CT molecular complexity index is 1400. The summed E-state index contributed by atoms with van der Waals surface area (Å²) < 4.78 is 34.3. The van der Waals surface area contributed by atoms with Gasteiger partial charge < -0.3 is 15.0 Å². The third-order valence-corrected chi connectivity index (χ3v) is 8.48. The van der Waals surface area contributed by atoms with Gasteiger partial charge in [0.1, 0.15) is 18.3 Å². The van der Waals surface area contributed by atoms with E-state index < -0.39 is 28.5 Å². The molecule has 0 aromatic heterocycles. The summed E-state index contributed by atoms with van der Waals surface area (Å²) in [6.45, 7) is 9.73. The zero-order chi connectivity index (χ0) is 30.2. The van der Waals surface area contributed by atoms with E-state index in [9.17, 15) is 18.0 Å². The van der Waals surface area contributed by atoms with Gasteiger partial charge in [0.2, 0.25) is 11.8 Å². The van der Waals surface area contributed by atoms with Gasteiger partial charge in [-0.3, -0.25) is 13.9 Å². The van der Waals surface area contributed by atoms with E-state index in [-0.39, 0.29) is 23.3 Å². The molecule has 3 aromatic rings. The number of hydrogen-bond donors (Lipinski definition) is 1. The summed E-state index contributed by atoms with van der Waals surface area (Å²) in [7, 11) is -2.53. The highest BCUT2D eigenvalue weighted by Gasteiger charge is 2.33. The van der Waals surface area contributed by atoms with Crippen LogP contribution in [-0.4, -0.2) is 51.4 Å². The van der Waals surface area contributed by atoms with E-state index in [1.165, 1.54) is 17.0 Å².